The Bertz CT molecular complexity index is 126. The van der Waals surface area contributed by atoms with Crippen LogP contribution in [0.2, 0.25) is 0 Å². The van der Waals surface area contributed by atoms with Crippen LogP contribution < -0.4 is 0 Å². The second-order valence-electron chi connectivity index (χ2n) is 2.41. The zero-order valence-corrected chi connectivity index (χ0v) is 7.02. The molecule has 1 amide bonds. The van der Waals surface area contributed by atoms with Crippen LogP contribution in [-0.4, -0.2) is 29.2 Å². The summed E-state index contributed by atoms with van der Waals surface area (Å²) in [5.41, 5.74) is 0. The lowest BCUT2D eigenvalue weighted by atomic mass is 10.1. The number of alkyl halides is 1. The number of hydrogen-bond acceptors (Lipinski definition) is 1. The van der Waals surface area contributed by atoms with Crippen LogP contribution in [0.15, 0.2) is 0 Å². The molecule has 0 aromatic heterocycles. The fourth-order valence-corrected chi connectivity index (χ4v) is 1.39. The van der Waals surface area contributed by atoms with Gasteiger partial charge in [-0.1, -0.05) is 15.9 Å². The Balaban J connectivity index is 2.44. The number of carbonyl (C=O) groups excluding carboxylic acids is 1. The molecule has 1 rings (SSSR count). The first kappa shape index (κ1) is 7.06. The van der Waals surface area contributed by atoms with Gasteiger partial charge in [0.1, 0.15) is 0 Å². The summed E-state index contributed by atoms with van der Waals surface area (Å²) < 4.78 is 0. The summed E-state index contributed by atoms with van der Waals surface area (Å²) in [5, 5.41) is 0. The number of piperidine rings is 1. The number of hydrogen-bond donors (Lipinski definition) is 0. The molecule has 0 aromatic rings. The maximum atomic E-state index is 10.9. The van der Waals surface area contributed by atoms with Crippen LogP contribution in [0, 0.1) is 0 Å². The topological polar surface area (TPSA) is 20.3 Å². The monoisotopic (exact) mass is 191 g/mol. The van der Waals surface area contributed by atoms with E-state index in [1.165, 1.54) is 0 Å². The van der Waals surface area contributed by atoms with E-state index in [0.29, 0.717) is 11.2 Å². The van der Waals surface area contributed by atoms with Crippen LogP contribution in [0.3, 0.4) is 0 Å². The molecule has 1 atom stereocenters. The first-order valence-corrected chi connectivity index (χ1v) is 4.00. The molecule has 1 unspecified atom stereocenters. The smallest absolute Gasteiger partial charge is 0.223 e. The molecule has 0 saturated carbocycles. The summed E-state index contributed by atoms with van der Waals surface area (Å²) in [6.07, 6.45) is 1.75. The van der Waals surface area contributed by atoms with Crippen molar-refractivity contribution < 1.29 is 4.79 Å². The fourth-order valence-electron chi connectivity index (χ4n) is 0.906. The highest BCUT2D eigenvalue weighted by atomic mass is 79.9. The number of halogens is 1. The first-order chi connectivity index (χ1) is 4.20. The molecule has 1 heterocycles. The van der Waals surface area contributed by atoms with Gasteiger partial charge in [0.25, 0.3) is 0 Å². The summed E-state index contributed by atoms with van der Waals surface area (Å²) in [6.45, 7) is 0.898. The van der Waals surface area contributed by atoms with E-state index in [1.54, 1.807) is 4.90 Å². The van der Waals surface area contributed by atoms with Crippen molar-refractivity contribution in [1.82, 2.24) is 4.90 Å². The van der Waals surface area contributed by atoms with E-state index in [2.05, 4.69) is 15.9 Å². The minimum atomic E-state index is 0.253. The maximum absolute atomic E-state index is 10.9. The molecule has 1 aliphatic rings. The summed E-state index contributed by atoms with van der Waals surface area (Å²) in [6, 6.07) is 0. The maximum Gasteiger partial charge on any atom is 0.223 e. The van der Waals surface area contributed by atoms with Crippen molar-refractivity contribution in [3.63, 3.8) is 0 Å². The minimum absolute atomic E-state index is 0.253. The van der Waals surface area contributed by atoms with Gasteiger partial charge in [0.15, 0.2) is 0 Å². The summed E-state index contributed by atoms with van der Waals surface area (Å²) in [4.78, 5) is 13.1. The molecule has 0 spiro atoms. The van der Waals surface area contributed by atoms with Gasteiger partial charge in [0.05, 0.1) is 0 Å². The lowest BCUT2D eigenvalue weighted by Crippen LogP contribution is -2.35. The standard InChI is InChI=1S/C6H10BrNO/c1-8-3-2-5(7)4-6(8)9/h5H,2-4H2,1H3. The first-order valence-electron chi connectivity index (χ1n) is 3.08. The van der Waals surface area contributed by atoms with E-state index in [4.69, 9.17) is 0 Å². The third-order valence-electron chi connectivity index (χ3n) is 1.60. The third kappa shape index (κ3) is 1.68. The average molecular weight is 192 g/mol. The highest BCUT2D eigenvalue weighted by Gasteiger charge is 2.20. The second-order valence-corrected chi connectivity index (χ2v) is 3.70. The quantitative estimate of drug-likeness (QED) is 0.524. The Hall–Kier alpha value is -0.0500. The molecule has 9 heavy (non-hydrogen) atoms. The van der Waals surface area contributed by atoms with E-state index < -0.39 is 0 Å². The normalized spacial score (nSPS) is 28.9. The Kier molecular flexibility index (Phi) is 2.11. The molecule has 2 nitrogen and oxygen atoms in total. The lowest BCUT2D eigenvalue weighted by molar-refractivity contribution is -0.131. The number of nitrogens with zero attached hydrogens (tertiary/aromatic N) is 1. The molecular formula is C6H10BrNO. The lowest BCUT2D eigenvalue weighted by Gasteiger charge is -2.25. The van der Waals surface area contributed by atoms with Gasteiger partial charge in [0.2, 0.25) is 5.91 Å². The molecular weight excluding hydrogens is 182 g/mol. The van der Waals surface area contributed by atoms with Crippen molar-refractivity contribution in [2.24, 2.45) is 0 Å². The van der Waals surface area contributed by atoms with E-state index in [9.17, 15) is 4.79 Å². The van der Waals surface area contributed by atoms with Gasteiger partial charge < -0.3 is 4.90 Å². The second kappa shape index (κ2) is 2.69. The van der Waals surface area contributed by atoms with Gasteiger partial charge >= 0.3 is 0 Å². The van der Waals surface area contributed by atoms with Gasteiger partial charge in [-0.05, 0) is 6.42 Å². The van der Waals surface area contributed by atoms with Gasteiger partial charge in [-0.25, -0.2) is 0 Å². The zero-order chi connectivity index (χ0) is 6.85. The average Bonchev–Trinajstić information content (AvgIpc) is 1.80. The third-order valence-corrected chi connectivity index (χ3v) is 2.38. The van der Waals surface area contributed by atoms with Crippen molar-refractivity contribution in [3.05, 3.63) is 0 Å². The van der Waals surface area contributed by atoms with Crippen LogP contribution in [-0.2, 0) is 4.79 Å². The van der Waals surface area contributed by atoms with Crippen molar-refractivity contribution >= 4 is 21.8 Å². The van der Waals surface area contributed by atoms with Gasteiger partial charge in [0, 0.05) is 24.8 Å². The van der Waals surface area contributed by atoms with Crippen molar-refractivity contribution in [3.8, 4) is 0 Å². The highest BCUT2D eigenvalue weighted by molar-refractivity contribution is 9.09. The van der Waals surface area contributed by atoms with Crippen LogP contribution in [0.5, 0.6) is 0 Å². The van der Waals surface area contributed by atoms with Crippen LogP contribution in [0.25, 0.3) is 0 Å². The predicted molar refractivity (Wildman–Crippen MR) is 39.6 cm³/mol. The van der Waals surface area contributed by atoms with Crippen LogP contribution in [0.1, 0.15) is 12.8 Å². The number of rotatable bonds is 0. The van der Waals surface area contributed by atoms with Crippen molar-refractivity contribution in [1.29, 1.82) is 0 Å². The molecule has 0 aliphatic carbocycles. The van der Waals surface area contributed by atoms with E-state index in [-0.39, 0.29) is 5.91 Å². The number of likely N-dealkylation sites (tertiary alicyclic amines) is 1. The van der Waals surface area contributed by atoms with Gasteiger partial charge in [-0.2, -0.15) is 0 Å². The largest absolute Gasteiger partial charge is 0.346 e. The Morgan fingerprint density at radius 1 is 1.78 bits per heavy atom. The number of carbonyl (C=O) groups is 1. The van der Waals surface area contributed by atoms with Gasteiger partial charge in [-0.15, -0.1) is 0 Å². The molecule has 0 N–H and O–H groups in total. The number of amides is 1. The van der Waals surface area contributed by atoms with Crippen LogP contribution >= 0.6 is 15.9 Å². The summed E-state index contributed by atoms with van der Waals surface area (Å²) >= 11 is 3.41. The van der Waals surface area contributed by atoms with Crippen molar-refractivity contribution in [2.75, 3.05) is 13.6 Å². The minimum Gasteiger partial charge on any atom is -0.346 e. The molecule has 0 aromatic carbocycles. The highest BCUT2D eigenvalue weighted by Crippen LogP contribution is 2.16. The summed E-state index contributed by atoms with van der Waals surface area (Å²) in [5.74, 6) is 0.253. The summed E-state index contributed by atoms with van der Waals surface area (Å²) in [7, 11) is 1.85. The Labute approximate surface area is 63.3 Å². The molecule has 1 aliphatic heterocycles. The van der Waals surface area contributed by atoms with E-state index in [1.807, 2.05) is 7.05 Å². The predicted octanol–water partition coefficient (Wildman–Crippen LogP) is 1.00. The Morgan fingerprint density at radius 2 is 2.44 bits per heavy atom. The van der Waals surface area contributed by atoms with Gasteiger partial charge in [-0.3, -0.25) is 4.79 Å². The Morgan fingerprint density at radius 3 is 2.89 bits per heavy atom. The van der Waals surface area contributed by atoms with E-state index in [0.717, 1.165) is 13.0 Å². The molecule has 1 saturated heterocycles. The molecule has 52 valence electrons. The molecule has 0 radical (unpaired) electrons. The molecule has 0 bridgehead atoms. The van der Waals surface area contributed by atoms with Crippen molar-refractivity contribution in [2.45, 2.75) is 17.7 Å². The zero-order valence-electron chi connectivity index (χ0n) is 5.43. The SMILES string of the molecule is CN1CCC(Br)CC1=O. The van der Waals surface area contributed by atoms with E-state index >= 15 is 0 Å². The molecule has 3 heteroatoms. The van der Waals surface area contributed by atoms with Crippen LogP contribution in [0.4, 0.5) is 0 Å². The fraction of sp³-hybridized carbons (Fsp3) is 0.833. The molecule has 1 fully saturated rings.